The number of carbonyl (C=O) groups is 2. The standard InChI is InChI=1S/C34H37Cl2N3O3/c1-22(42-31-14-8-13-29(35)33(31)36)17-25-11-7-12-26(18-25)28-19-27-20-39(23(2)40)21-30(37-27)32(28)34(41)38(3)16-15-24-9-5-4-6-10-24/h4-14,18,22,27,30,37H,15-17,19-21H2,1-3H3/t22?,27?,30-/m1/s1. The molecule has 42 heavy (non-hydrogen) atoms. The first kappa shape index (κ1) is 30.1. The molecule has 2 bridgehead atoms. The topological polar surface area (TPSA) is 61.9 Å². The molecule has 0 radical (unpaired) electrons. The molecular weight excluding hydrogens is 569 g/mol. The fourth-order valence-electron chi connectivity index (χ4n) is 5.92. The molecule has 3 atom stereocenters. The molecule has 5 rings (SSSR count). The van der Waals surface area contributed by atoms with Crippen LogP contribution in [-0.4, -0.2) is 66.5 Å². The number of fused-ring (bicyclic) bond motifs is 2. The summed E-state index contributed by atoms with van der Waals surface area (Å²) < 4.78 is 6.13. The molecule has 2 aliphatic heterocycles. The molecule has 6 nitrogen and oxygen atoms in total. The van der Waals surface area contributed by atoms with Gasteiger partial charge in [-0.15, -0.1) is 0 Å². The molecule has 0 saturated carbocycles. The molecular formula is C34H37Cl2N3O3. The van der Waals surface area contributed by atoms with Crippen molar-refractivity contribution in [2.75, 3.05) is 26.7 Å². The first-order chi connectivity index (χ1) is 20.2. The van der Waals surface area contributed by atoms with Crippen molar-refractivity contribution in [3.63, 3.8) is 0 Å². The highest BCUT2D eigenvalue weighted by molar-refractivity contribution is 6.42. The Morgan fingerprint density at radius 1 is 1.02 bits per heavy atom. The highest BCUT2D eigenvalue weighted by atomic mass is 35.5. The molecule has 1 fully saturated rings. The summed E-state index contributed by atoms with van der Waals surface area (Å²) in [5.41, 5.74) is 5.13. The summed E-state index contributed by atoms with van der Waals surface area (Å²) in [5, 5.41) is 4.51. The number of benzene rings is 3. The van der Waals surface area contributed by atoms with Gasteiger partial charge in [-0.3, -0.25) is 9.59 Å². The zero-order valence-electron chi connectivity index (χ0n) is 24.3. The summed E-state index contributed by atoms with van der Waals surface area (Å²) in [6, 6.07) is 23.8. The lowest BCUT2D eigenvalue weighted by molar-refractivity contribution is -0.132. The van der Waals surface area contributed by atoms with E-state index in [0.29, 0.717) is 48.3 Å². The Balaban J connectivity index is 1.41. The van der Waals surface area contributed by atoms with Crippen molar-refractivity contribution in [2.24, 2.45) is 0 Å². The zero-order valence-corrected chi connectivity index (χ0v) is 25.8. The fraction of sp³-hybridized carbons (Fsp3) is 0.353. The van der Waals surface area contributed by atoms with Crippen molar-refractivity contribution in [1.29, 1.82) is 0 Å². The number of hydrogen-bond acceptors (Lipinski definition) is 4. The Kier molecular flexibility index (Phi) is 9.57. The molecule has 2 aliphatic rings. The van der Waals surface area contributed by atoms with Gasteiger partial charge in [-0.05, 0) is 54.2 Å². The van der Waals surface area contributed by atoms with Crippen molar-refractivity contribution in [1.82, 2.24) is 15.1 Å². The molecule has 3 aromatic carbocycles. The van der Waals surface area contributed by atoms with Gasteiger partial charge in [-0.2, -0.15) is 0 Å². The van der Waals surface area contributed by atoms with Gasteiger partial charge in [0.15, 0.2) is 0 Å². The van der Waals surface area contributed by atoms with Crippen LogP contribution in [0.3, 0.4) is 0 Å². The number of amides is 2. The predicted molar refractivity (Wildman–Crippen MR) is 169 cm³/mol. The van der Waals surface area contributed by atoms with E-state index in [9.17, 15) is 9.59 Å². The van der Waals surface area contributed by atoms with Gasteiger partial charge in [-0.1, -0.05) is 83.9 Å². The SMILES string of the molecule is CC(=O)N1CC2CC(c3cccc(CC(C)Oc4cccc(Cl)c4Cl)c3)=C(C(=O)N(C)CCc3ccccc3)[C@@H](C1)N2. The van der Waals surface area contributed by atoms with Gasteiger partial charge >= 0.3 is 0 Å². The monoisotopic (exact) mass is 605 g/mol. The number of likely N-dealkylation sites (N-methyl/N-ethyl adjacent to an activating group) is 1. The molecule has 220 valence electrons. The second-order valence-electron chi connectivity index (χ2n) is 11.3. The molecule has 0 aliphatic carbocycles. The molecule has 2 unspecified atom stereocenters. The van der Waals surface area contributed by atoms with Gasteiger partial charge in [0, 0.05) is 51.6 Å². The summed E-state index contributed by atoms with van der Waals surface area (Å²) in [5.74, 6) is 0.595. The first-order valence-electron chi connectivity index (χ1n) is 14.4. The van der Waals surface area contributed by atoms with E-state index in [1.165, 1.54) is 5.56 Å². The Labute approximate surface area is 258 Å². The van der Waals surface area contributed by atoms with Crippen molar-refractivity contribution < 1.29 is 14.3 Å². The van der Waals surface area contributed by atoms with Crippen LogP contribution in [0, 0.1) is 0 Å². The second-order valence-corrected chi connectivity index (χ2v) is 12.1. The Morgan fingerprint density at radius 2 is 1.76 bits per heavy atom. The van der Waals surface area contributed by atoms with E-state index < -0.39 is 0 Å². The van der Waals surface area contributed by atoms with Crippen LogP contribution in [-0.2, 0) is 22.4 Å². The number of nitrogens with zero attached hydrogens (tertiary/aromatic N) is 2. The molecule has 1 saturated heterocycles. The van der Waals surface area contributed by atoms with Crippen LogP contribution in [0.1, 0.15) is 37.0 Å². The molecule has 0 spiro atoms. The molecule has 0 aromatic heterocycles. The van der Waals surface area contributed by atoms with E-state index in [0.717, 1.165) is 28.7 Å². The molecule has 2 heterocycles. The van der Waals surface area contributed by atoms with Gasteiger partial charge in [0.1, 0.15) is 10.8 Å². The summed E-state index contributed by atoms with van der Waals surface area (Å²) in [6.07, 6.45) is 1.96. The predicted octanol–water partition coefficient (Wildman–Crippen LogP) is 6.05. The summed E-state index contributed by atoms with van der Waals surface area (Å²) in [6.45, 7) is 5.32. The summed E-state index contributed by atoms with van der Waals surface area (Å²) in [4.78, 5) is 30.1. The number of ether oxygens (including phenoxy) is 1. The second kappa shape index (κ2) is 13.3. The van der Waals surface area contributed by atoms with Crippen molar-refractivity contribution in [3.05, 3.63) is 105 Å². The van der Waals surface area contributed by atoms with Crippen molar-refractivity contribution >= 4 is 40.6 Å². The minimum absolute atomic E-state index is 0.0000132. The third-order valence-electron chi connectivity index (χ3n) is 8.05. The lowest BCUT2D eigenvalue weighted by Crippen LogP contribution is -2.61. The normalized spacial score (nSPS) is 18.9. The third kappa shape index (κ3) is 7.00. The average Bonchev–Trinajstić information content (AvgIpc) is 2.98. The maximum atomic E-state index is 14.1. The fourth-order valence-corrected chi connectivity index (χ4v) is 6.26. The molecule has 3 aromatic rings. The van der Waals surface area contributed by atoms with E-state index in [4.69, 9.17) is 27.9 Å². The third-order valence-corrected chi connectivity index (χ3v) is 8.85. The van der Waals surface area contributed by atoms with Gasteiger partial charge < -0.3 is 19.9 Å². The van der Waals surface area contributed by atoms with E-state index in [1.54, 1.807) is 13.0 Å². The highest BCUT2D eigenvalue weighted by Gasteiger charge is 2.39. The van der Waals surface area contributed by atoms with Crippen LogP contribution in [0.5, 0.6) is 5.75 Å². The lowest BCUT2D eigenvalue weighted by atomic mass is 9.82. The maximum absolute atomic E-state index is 14.1. The minimum Gasteiger partial charge on any atom is -0.489 e. The molecule has 2 amide bonds. The highest BCUT2D eigenvalue weighted by Crippen LogP contribution is 2.35. The summed E-state index contributed by atoms with van der Waals surface area (Å²) in [7, 11) is 1.87. The van der Waals surface area contributed by atoms with Crippen LogP contribution in [0.15, 0.2) is 78.4 Å². The van der Waals surface area contributed by atoms with E-state index in [1.807, 2.05) is 60.2 Å². The smallest absolute Gasteiger partial charge is 0.251 e. The molecule has 1 N–H and O–H groups in total. The number of nitrogens with one attached hydrogen (secondary N) is 1. The van der Waals surface area contributed by atoms with Crippen LogP contribution in [0.4, 0.5) is 0 Å². The van der Waals surface area contributed by atoms with E-state index in [2.05, 4.69) is 35.6 Å². The average molecular weight is 607 g/mol. The number of carbonyl (C=O) groups excluding carboxylic acids is 2. The Bertz CT molecular complexity index is 1480. The van der Waals surface area contributed by atoms with Crippen LogP contribution in [0.25, 0.3) is 5.57 Å². The zero-order chi connectivity index (χ0) is 29.8. The van der Waals surface area contributed by atoms with Gasteiger partial charge in [0.05, 0.1) is 17.2 Å². The maximum Gasteiger partial charge on any atom is 0.251 e. The molecule has 8 heteroatoms. The van der Waals surface area contributed by atoms with Gasteiger partial charge in [0.25, 0.3) is 5.91 Å². The number of piperazine rings is 1. The van der Waals surface area contributed by atoms with Crippen LogP contribution < -0.4 is 10.1 Å². The quantitative estimate of drug-likeness (QED) is 0.322. The minimum atomic E-state index is -0.223. The summed E-state index contributed by atoms with van der Waals surface area (Å²) >= 11 is 12.5. The first-order valence-corrected chi connectivity index (χ1v) is 15.2. The van der Waals surface area contributed by atoms with Gasteiger partial charge in [-0.25, -0.2) is 0 Å². The Morgan fingerprint density at radius 3 is 2.52 bits per heavy atom. The van der Waals surface area contributed by atoms with Crippen molar-refractivity contribution in [2.45, 2.75) is 51.3 Å². The number of rotatable bonds is 9. The number of hydrogen-bond donors (Lipinski definition) is 1. The van der Waals surface area contributed by atoms with E-state index >= 15 is 0 Å². The van der Waals surface area contributed by atoms with Crippen LogP contribution >= 0.6 is 23.2 Å². The van der Waals surface area contributed by atoms with E-state index in [-0.39, 0.29) is 30.0 Å². The van der Waals surface area contributed by atoms with Gasteiger partial charge in [0.2, 0.25) is 5.91 Å². The Hall–Kier alpha value is -3.32. The van der Waals surface area contributed by atoms with Crippen molar-refractivity contribution in [3.8, 4) is 5.75 Å². The number of halogens is 2. The van der Waals surface area contributed by atoms with Crippen LogP contribution in [0.2, 0.25) is 10.0 Å². The lowest BCUT2D eigenvalue weighted by Gasteiger charge is -2.44. The largest absolute Gasteiger partial charge is 0.489 e.